The van der Waals surface area contributed by atoms with Crippen molar-refractivity contribution in [2.75, 3.05) is 14.1 Å². The van der Waals surface area contributed by atoms with Crippen LogP contribution >= 0.6 is 0 Å². The number of guanidine groups is 2. The van der Waals surface area contributed by atoms with Gasteiger partial charge in [0.05, 0.1) is 6.42 Å². The summed E-state index contributed by atoms with van der Waals surface area (Å²) in [6, 6.07) is 1.30. The van der Waals surface area contributed by atoms with Crippen LogP contribution in [-0.2, 0) is 11.2 Å². The van der Waals surface area contributed by atoms with E-state index in [9.17, 15) is 18.0 Å². The van der Waals surface area contributed by atoms with Crippen LogP contribution in [0, 0.1) is 22.9 Å². The molecule has 0 aliphatic carbocycles. The van der Waals surface area contributed by atoms with Gasteiger partial charge in [0.2, 0.25) is 5.96 Å². The molecule has 10 heteroatoms. The zero-order chi connectivity index (χ0) is 17.4. The molecule has 0 aliphatic heterocycles. The summed E-state index contributed by atoms with van der Waals surface area (Å²) in [6.45, 7) is 0. The van der Waals surface area contributed by atoms with Gasteiger partial charge in [0, 0.05) is 19.7 Å². The molecule has 1 aromatic rings. The average molecular weight is 319 g/mol. The predicted octanol–water partition coefficient (Wildman–Crippen LogP) is 0.487. The average Bonchev–Trinajstić information content (AvgIpc) is 2.39. The smallest absolute Gasteiger partial charge is 0.308 e. The standard InChI is InChI=1S/C8H5F3O2.C4H11N5/c9-5-1-2-6(10)8(11)4(5)3-7(12)13;1-9(2)4(7)8-3(5)6/h1-2H,3H2,(H,12,13);1-2H3,(H5,5,6,7,8). The van der Waals surface area contributed by atoms with Gasteiger partial charge in [0.15, 0.2) is 17.6 Å². The van der Waals surface area contributed by atoms with Crippen molar-refractivity contribution in [1.29, 1.82) is 5.41 Å². The van der Waals surface area contributed by atoms with Gasteiger partial charge in [-0.3, -0.25) is 10.2 Å². The molecule has 0 amide bonds. The van der Waals surface area contributed by atoms with Crippen LogP contribution in [0.1, 0.15) is 5.56 Å². The van der Waals surface area contributed by atoms with E-state index in [0.29, 0.717) is 12.1 Å². The van der Waals surface area contributed by atoms with Crippen LogP contribution in [0.2, 0.25) is 0 Å². The molecule has 1 rings (SSSR count). The van der Waals surface area contributed by atoms with Gasteiger partial charge in [0.1, 0.15) is 5.82 Å². The van der Waals surface area contributed by atoms with Crippen molar-refractivity contribution >= 4 is 17.9 Å². The third kappa shape index (κ3) is 6.59. The summed E-state index contributed by atoms with van der Waals surface area (Å²) in [7, 11) is 3.45. The molecule has 0 heterocycles. The Balaban J connectivity index is 0.000000433. The molecule has 0 radical (unpaired) electrons. The normalized spacial score (nSPS) is 10.5. The quantitative estimate of drug-likeness (QED) is 0.358. The van der Waals surface area contributed by atoms with E-state index in [0.717, 1.165) is 0 Å². The summed E-state index contributed by atoms with van der Waals surface area (Å²) in [4.78, 5) is 15.2. The Hall–Kier alpha value is -2.78. The van der Waals surface area contributed by atoms with E-state index >= 15 is 0 Å². The number of halogens is 3. The SMILES string of the molecule is CN(C)C(N)=NC(=N)N.O=C(O)Cc1c(F)ccc(F)c1F. The maximum absolute atomic E-state index is 12.7. The van der Waals surface area contributed by atoms with Gasteiger partial charge >= 0.3 is 5.97 Å². The molecule has 0 saturated heterocycles. The number of carbonyl (C=O) groups is 1. The summed E-state index contributed by atoms with van der Waals surface area (Å²) in [5, 5.41) is 15.0. The molecule has 0 atom stereocenters. The summed E-state index contributed by atoms with van der Waals surface area (Å²) in [5.41, 5.74) is 9.44. The number of benzene rings is 1. The molecular weight excluding hydrogens is 303 g/mol. The number of carboxylic acid groups (broad SMARTS) is 1. The van der Waals surface area contributed by atoms with E-state index in [-0.39, 0.29) is 11.9 Å². The maximum Gasteiger partial charge on any atom is 0.308 e. The summed E-state index contributed by atoms with van der Waals surface area (Å²) >= 11 is 0. The highest BCUT2D eigenvalue weighted by Gasteiger charge is 2.15. The van der Waals surface area contributed by atoms with Gasteiger partial charge in [-0.2, -0.15) is 4.99 Å². The molecule has 6 N–H and O–H groups in total. The molecule has 0 saturated carbocycles. The third-order valence-corrected chi connectivity index (χ3v) is 2.16. The van der Waals surface area contributed by atoms with Crippen LogP contribution in [0.15, 0.2) is 17.1 Å². The van der Waals surface area contributed by atoms with Gasteiger partial charge in [-0.15, -0.1) is 0 Å². The minimum absolute atomic E-state index is 0.238. The lowest BCUT2D eigenvalue weighted by Gasteiger charge is -2.08. The van der Waals surface area contributed by atoms with E-state index in [4.69, 9.17) is 22.0 Å². The first-order valence-electron chi connectivity index (χ1n) is 5.76. The first-order valence-corrected chi connectivity index (χ1v) is 5.76. The second-order valence-corrected chi connectivity index (χ2v) is 4.14. The number of aliphatic carboxylic acids is 1. The van der Waals surface area contributed by atoms with Crippen LogP contribution in [-0.4, -0.2) is 42.0 Å². The Kier molecular flexibility index (Phi) is 7.42. The van der Waals surface area contributed by atoms with Crippen LogP contribution < -0.4 is 11.5 Å². The lowest BCUT2D eigenvalue weighted by molar-refractivity contribution is -0.136. The summed E-state index contributed by atoms with van der Waals surface area (Å²) in [6.07, 6.45) is -0.866. The predicted molar refractivity (Wildman–Crippen MR) is 74.9 cm³/mol. The first-order chi connectivity index (χ1) is 10.1. The second-order valence-electron chi connectivity index (χ2n) is 4.14. The molecule has 0 unspecified atom stereocenters. The highest BCUT2D eigenvalue weighted by molar-refractivity contribution is 5.91. The Morgan fingerprint density at radius 3 is 2.14 bits per heavy atom. The van der Waals surface area contributed by atoms with Gasteiger partial charge in [-0.05, 0) is 12.1 Å². The minimum Gasteiger partial charge on any atom is -0.481 e. The summed E-state index contributed by atoms with van der Waals surface area (Å²) in [5.74, 6) is -5.20. The van der Waals surface area contributed by atoms with E-state index in [2.05, 4.69) is 4.99 Å². The van der Waals surface area contributed by atoms with Crippen molar-refractivity contribution in [3.63, 3.8) is 0 Å². The van der Waals surface area contributed by atoms with Crippen LogP contribution in [0.3, 0.4) is 0 Å². The number of nitrogens with zero attached hydrogens (tertiary/aromatic N) is 2. The van der Waals surface area contributed by atoms with Crippen LogP contribution in [0.4, 0.5) is 13.2 Å². The summed E-state index contributed by atoms with van der Waals surface area (Å²) < 4.78 is 37.9. The van der Waals surface area contributed by atoms with Crippen molar-refractivity contribution in [3.8, 4) is 0 Å². The largest absolute Gasteiger partial charge is 0.481 e. The zero-order valence-electron chi connectivity index (χ0n) is 11.9. The fourth-order valence-electron chi connectivity index (χ4n) is 1.11. The number of aliphatic imine (C=N–C) groups is 1. The van der Waals surface area contributed by atoms with E-state index in [1.165, 1.54) is 0 Å². The van der Waals surface area contributed by atoms with E-state index in [1.807, 2.05) is 0 Å². The van der Waals surface area contributed by atoms with Crippen molar-refractivity contribution in [2.45, 2.75) is 6.42 Å². The Bertz CT molecular complexity index is 590. The Morgan fingerprint density at radius 2 is 1.77 bits per heavy atom. The number of hydrogen-bond acceptors (Lipinski definition) is 2. The number of hydrogen-bond donors (Lipinski definition) is 4. The van der Waals surface area contributed by atoms with Crippen molar-refractivity contribution < 1.29 is 23.1 Å². The van der Waals surface area contributed by atoms with Gasteiger partial charge in [-0.25, -0.2) is 13.2 Å². The third-order valence-electron chi connectivity index (χ3n) is 2.16. The van der Waals surface area contributed by atoms with Crippen LogP contribution in [0.25, 0.3) is 0 Å². The first kappa shape index (κ1) is 19.2. The highest BCUT2D eigenvalue weighted by atomic mass is 19.2. The lowest BCUT2D eigenvalue weighted by atomic mass is 10.1. The Morgan fingerprint density at radius 1 is 1.27 bits per heavy atom. The lowest BCUT2D eigenvalue weighted by Crippen LogP contribution is -2.32. The molecule has 0 spiro atoms. The second kappa shape index (κ2) is 8.49. The molecule has 22 heavy (non-hydrogen) atoms. The molecular formula is C12H16F3N5O2. The van der Waals surface area contributed by atoms with Crippen LogP contribution in [0.5, 0.6) is 0 Å². The van der Waals surface area contributed by atoms with Crippen molar-refractivity contribution in [2.24, 2.45) is 16.5 Å². The fourth-order valence-corrected chi connectivity index (χ4v) is 1.11. The fraction of sp³-hybridized carbons (Fsp3) is 0.250. The number of rotatable bonds is 2. The van der Waals surface area contributed by atoms with Gasteiger partial charge < -0.3 is 21.5 Å². The number of nitrogens with one attached hydrogen (secondary N) is 1. The van der Waals surface area contributed by atoms with E-state index in [1.54, 1.807) is 19.0 Å². The highest BCUT2D eigenvalue weighted by Crippen LogP contribution is 2.16. The Labute approximate surface area is 124 Å². The van der Waals surface area contributed by atoms with Crippen molar-refractivity contribution in [3.05, 3.63) is 35.1 Å². The molecule has 0 aliphatic rings. The number of nitrogens with two attached hydrogens (primary N) is 2. The number of carboxylic acids is 1. The molecule has 0 aromatic heterocycles. The molecule has 0 fully saturated rings. The van der Waals surface area contributed by atoms with E-state index < -0.39 is 35.4 Å². The zero-order valence-corrected chi connectivity index (χ0v) is 11.9. The van der Waals surface area contributed by atoms with Gasteiger partial charge in [0.25, 0.3) is 0 Å². The van der Waals surface area contributed by atoms with Crippen molar-refractivity contribution in [1.82, 2.24) is 4.90 Å². The molecule has 0 bridgehead atoms. The van der Waals surface area contributed by atoms with Gasteiger partial charge in [-0.1, -0.05) is 0 Å². The topological polar surface area (TPSA) is 129 Å². The minimum atomic E-state index is -1.44. The maximum atomic E-state index is 12.7. The molecule has 1 aromatic carbocycles. The molecule has 122 valence electrons. The monoisotopic (exact) mass is 319 g/mol. The molecule has 7 nitrogen and oxygen atoms in total.